The van der Waals surface area contributed by atoms with Crippen molar-refractivity contribution in [1.82, 2.24) is 25.4 Å². The summed E-state index contributed by atoms with van der Waals surface area (Å²) in [6.45, 7) is 1.66. The molecule has 1 aromatic heterocycles. The number of hydrogen-bond donors (Lipinski definition) is 3. The summed E-state index contributed by atoms with van der Waals surface area (Å²) in [4.78, 5) is 57.6. The molecule has 0 aromatic carbocycles. The highest BCUT2D eigenvalue weighted by molar-refractivity contribution is 7.13. The highest BCUT2D eigenvalue weighted by Gasteiger charge is 2.37. The third-order valence-electron chi connectivity index (χ3n) is 5.61. The summed E-state index contributed by atoms with van der Waals surface area (Å²) in [5, 5.41) is 5.89. The smallest absolute Gasteiger partial charge is 0.309 e. The number of nitrogens with two attached hydrogens (primary N) is 1. The summed E-state index contributed by atoms with van der Waals surface area (Å²) in [6, 6.07) is -0.993. The number of rotatable bonds is 4. The van der Waals surface area contributed by atoms with E-state index in [0.717, 1.165) is 30.1 Å². The van der Waals surface area contributed by atoms with E-state index in [2.05, 4.69) is 20.5 Å². The fourth-order valence-electron chi connectivity index (χ4n) is 3.98. The van der Waals surface area contributed by atoms with Gasteiger partial charge >= 0.3 is 11.8 Å². The summed E-state index contributed by atoms with van der Waals surface area (Å²) in [5.74, 6) is -2.61. The van der Waals surface area contributed by atoms with Crippen LogP contribution in [0, 0.1) is 5.92 Å². The van der Waals surface area contributed by atoms with Crippen molar-refractivity contribution in [2.45, 2.75) is 44.3 Å². The van der Waals surface area contributed by atoms with Crippen molar-refractivity contribution in [2.75, 3.05) is 27.7 Å². The van der Waals surface area contributed by atoms with E-state index in [1.807, 2.05) is 7.05 Å². The average Bonchev–Trinajstić information content (AvgIpc) is 3.11. The van der Waals surface area contributed by atoms with Crippen molar-refractivity contribution >= 4 is 35.0 Å². The Hall–Kier alpha value is -2.53. The van der Waals surface area contributed by atoms with Gasteiger partial charge in [0, 0.05) is 50.4 Å². The van der Waals surface area contributed by atoms with Crippen LogP contribution in [0.2, 0.25) is 0 Å². The highest BCUT2D eigenvalue weighted by atomic mass is 32.1. The molecule has 0 spiro atoms. The van der Waals surface area contributed by atoms with Crippen LogP contribution in [-0.4, -0.2) is 78.2 Å². The zero-order valence-electron chi connectivity index (χ0n) is 17.4. The van der Waals surface area contributed by atoms with E-state index in [-0.39, 0.29) is 17.7 Å². The molecule has 1 saturated carbocycles. The molecule has 30 heavy (non-hydrogen) atoms. The molecule has 0 bridgehead atoms. The van der Waals surface area contributed by atoms with Gasteiger partial charge in [0.2, 0.25) is 5.91 Å². The minimum atomic E-state index is -1.08. The van der Waals surface area contributed by atoms with E-state index < -0.39 is 23.9 Å². The molecule has 1 aliphatic heterocycles. The molecular weight excluding hydrogens is 408 g/mol. The molecule has 3 unspecified atom stereocenters. The SMILES string of the molecule is CN1CCc2nc(C(=O)NC3CC(C(=O)N(C)C)CCC3NC(=O)C(N)=O)sc2C1. The number of thiazole rings is 1. The first-order valence-corrected chi connectivity index (χ1v) is 10.8. The average molecular weight is 437 g/mol. The van der Waals surface area contributed by atoms with Gasteiger partial charge in [-0.25, -0.2) is 4.98 Å². The number of aromatic nitrogens is 1. The molecule has 10 nitrogen and oxygen atoms in total. The highest BCUT2D eigenvalue weighted by Crippen LogP contribution is 2.28. The van der Waals surface area contributed by atoms with E-state index in [1.165, 1.54) is 16.2 Å². The Bertz CT molecular complexity index is 854. The van der Waals surface area contributed by atoms with E-state index in [9.17, 15) is 19.2 Å². The minimum absolute atomic E-state index is 0.0262. The first-order chi connectivity index (χ1) is 14.2. The van der Waals surface area contributed by atoms with Gasteiger partial charge in [-0.15, -0.1) is 11.3 Å². The molecule has 164 valence electrons. The van der Waals surface area contributed by atoms with Crippen LogP contribution in [0.5, 0.6) is 0 Å². The number of amides is 4. The second-order valence-corrected chi connectivity index (χ2v) is 9.23. The lowest BCUT2D eigenvalue weighted by Crippen LogP contribution is -2.57. The zero-order chi connectivity index (χ0) is 22.0. The Balaban J connectivity index is 1.75. The molecule has 3 atom stereocenters. The quantitative estimate of drug-likeness (QED) is 0.523. The summed E-state index contributed by atoms with van der Waals surface area (Å²) in [6.07, 6.45) is 2.16. The normalized spacial score (nSPS) is 23.9. The third-order valence-corrected chi connectivity index (χ3v) is 6.69. The number of likely N-dealkylation sites (N-methyl/N-ethyl adjacent to an activating group) is 1. The zero-order valence-corrected chi connectivity index (χ0v) is 18.3. The van der Waals surface area contributed by atoms with Crippen molar-refractivity contribution in [1.29, 1.82) is 0 Å². The number of fused-ring (bicyclic) bond motifs is 1. The first-order valence-electron chi connectivity index (χ1n) is 9.95. The van der Waals surface area contributed by atoms with Crippen molar-refractivity contribution in [3.8, 4) is 0 Å². The molecule has 0 saturated heterocycles. The topological polar surface area (TPSA) is 138 Å². The van der Waals surface area contributed by atoms with E-state index >= 15 is 0 Å². The van der Waals surface area contributed by atoms with Crippen LogP contribution in [0.3, 0.4) is 0 Å². The molecule has 1 aromatic rings. The second-order valence-electron chi connectivity index (χ2n) is 8.14. The molecular formula is C19H28N6O4S. The lowest BCUT2D eigenvalue weighted by Gasteiger charge is -2.36. The Morgan fingerprint density at radius 1 is 1.17 bits per heavy atom. The Kier molecular flexibility index (Phi) is 6.71. The van der Waals surface area contributed by atoms with Gasteiger partial charge < -0.3 is 26.2 Å². The fourth-order valence-corrected chi connectivity index (χ4v) is 5.07. The Labute approximate surface area is 179 Å². The van der Waals surface area contributed by atoms with Gasteiger partial charge in [0.25, 0.3) is 5.91 Å². The van der Waals surface area contributed by atoms with Crippen molar-refractivity contribution < 1.29 is 19.2 Å². The van der Waals surface area contributed by atoms with Crippen LogP contribution < -0.4 is 16.4 Å². The summed E-state index contributed by atoms with van der Waals surface area (Å²) < 4.78 is 0. The summed E-state index contributed by atoms with van der Waals surface area (Å²) in [7, 11) is 5.40. The van der Waals surface area contributed by atoms with Gasteiger partial charge in [0.15, 0.2) is 5.01 Å². The predicted octanol–water partition coefficient (Wildman–Crippen LogP) is -0.912. The lowest BCUT2D eigenvalue weighted by molar-refractivity contribution is -0.138. The number of nitrogens with one attached hydrogen (secondary N) is 2. The standard InChI is InChI=1S/C19H28N6O4S/c1-24(2)19(29)10-4-5-11(21-16(27)15(20)26)13(8-10)22-17(28)18-23-12-6-7-25(3)9-14(12)30-18/h10-11,13H,4-9H2,1-3H3,(H2,20,26)(H,21,27)(H,22,28). The largest absolute Gasteiger partial charge is 0.361 e. The monoisotopic (exact) mass is 436 g/mol. The van der Waals surface area contributed by atoms with Crippen molar-refractivity contribution in [2.24, 2.45) is 11.7 Å². The van der Waals surface area contributed by atoms with Gasteiger partial charge in [0.1, 0.15) is 0 Å². The molecule has 1 aliphatic carbocycles. The maximum absolute atomic E-state index is 12.9. The molecule has 11 heteroatoms. The molecule has 0 radical (unpaired) electrons. The van der Waals surface area contributed by atoms with Gasteiger partial charge in [-0.2, -0.15) is 0 Å². The molecule has 2 aliphatic rings. The Morgan fingerprint density at radius 3 is 2.57 bits per heavy atom. The third kappa shape index (κ3) is 4.96. The van der Waals surface area contributed by atoms with Crippen LogP contribution in [-0.2, 0) is 27.3 Å². The second kappa shape index (κ2) is 9.09. The van der Waals surface area contributed by atoms with Crippen LogP contribution in [0.4, 0.5) is 0 Å². The van der Waals surface area contributed by atoms with Gasteiger partial charge in [-0.1, -0.05) is 0 Å². The van der Waals surface area contributed by atoms with Gasteiger partial charge in [0.05, 0.1) is 11.7 Å². The lowest BCUT2D eigenvalue weighted by atomic mass is 9.81. The number of carbonyl (C=O) groups is 4. The Morgan fingerprint density at radius 2 is 1.90 bits per heavy atom. The predicted molar refractivity (Wildman–Crippen MR) is 111 cm³/mol. The minimum Gasteiger partial charge on any atom is -0.361 e. The number of primary amides is 1. The maximum atomic E-state index is 12.9. The maximum Gasteiger partial charge on any atom is 0.309 e. The molecule has 1 fully saturated rings. The van der Waals surface area contributed by atoms with Crippen LogP contribution in [0.1, 0.15) is 39.6 Å². The van der Waals surface area contributed by atoms with Crippen molar-refractivity contribution in [3.63, 3.8) is 0 Å². The van der Waals surface area contributed by atoms with Crippen LogP contribution in [0.15, 0.2) is 0 Å². The molecule has 3 rings (SSSR count). The van der Waals surface area contributed by atoms with Crippen LogP contribution >= 0.6 is 11.3 Å². The number of carbonyl (C=O) groups excluding carboxylic acids is 4. The number of nitrogens with zero attached hydrogens (tertiary/aromatic N) is 3. The summed E-state index contributed by atoms with van der Waals surface area (Å²) >= 11 is 1.37. The van der Waals surface area contributed by atoms with Gasteiger partial charge in [-0.3, -0.25) is 19.2 Å². The van der Waals surface area contributed by atoms with E-state index in [1.54, 1.807) is 14.1 Å². The van der Waals surface area contributed by atoms with Crippen molar-refractivity contribution in [3.05, 3.63) is 15.6 Å². The molecule has 2 heterocycles. The van der Waals surface area contributed by atoms with E-state index in [4.69, 9.17) is 5.73 Å². The summed E-state index contributed by atoms with van der Waals surface area (Å²) in [5.41, 5.74) is 6.01. The van der Waals surface area contributed by atoms with Crippen LogP contribution in [0.25, 0.3) is 0 Å². The molecule has 4 amide bonds. The van der Waals surface area contributed by atoms with Gasteiger partial charge in [-0.05, 0) is 26.3 Å². The first kappa shape index (κ1) is 22.2. The number of hydrogen-bond acceptors (Lipinski definition) is 7. The molecule has 4 N–H and O–H groups in total. The van der Waals surface area contributed by atoms with E-state index in [0.29, 0.717) is 24.3 Å². The fraction of sp³-hybridized carbons (Fsp3) is 0.632.